The fourth-order valence-corrected chi connectivity index (χ4v) is 4.94. The number of anilines is 1. The van der Waals surface area contributed by atoms with Gasteiger partial charge in [-0.05, 0) is 44.2 Å². The van der Waals surface area contributed by atoms with Gasteiger partial charge in [-0.2, -0.15) is 0 Å². The quantitative estimate of drug-likeness (QED) is 0.728. The first-order valence-corrected chi connectivity index (χ1v) is 10.4. The van der Waals surface area contributed by atoms with E-state index in [1.54, 1.807) is 0 Å². The van der Waals surface area contributed by atoms with Crippen LogP contribution in [0, 0.1) is 13.8 Å². The van der Waals surface area contributed by atoms with Crippen molar-refractivity contribution in [1.29, 1.82) is 0 Å². The first-order valence-electron chi connectivity index (χ1n) is 10.4. The lowest BCUT2D eigenvalue weighted by Gasteiger charge is -2.44. The zero-order valence-electron chi connectivity index (χ0n) is 17.6. The first kappa shape index (κ1) is 19.0. The summed E-state index contributed by atoms with van der Waals surface area (Å²) in [5.74, 6) is 0.804. The van der Waals surface area contributed by atoms with Gasteiger partial charge in [0.1, 0.15) is 5.76 Å². The lowest BCUT2D eigenvalue weighted by Crippen LogP contribution is -2.58. The van der Waals surface area contributed by atoms with Crippen LogP contribution in [0.25, 0.3) is 11.1 Å². The van der Waals surface area contributed by atoms with Gasteiger partial charge in [0.15, 0.2) is 5.54 Å². The molecule has 0 saturated carbocycles. The standard InChI is InChI=1S/C24H26N4O2/c1-16-22(17(2)30-26-16)18-9-10-21-20(15-18)24(23(29)25-21,19-7-5-4-6-8-19)28-13-11-27(3)12-14-28/h4-10,15H,11-14H2,1-3H3,(H,25,29). The Morgan fingerprint density at radius 2 is 1.77 bits per heavy atom. The van der Waals surface area contributed by atoms with Crippen LogP contribution in [0.4, 0.5) is 5.69 Å². The molecule has 1 unspecified atom stereocenters. The molecule has 6 heteroatoms. The summed E-state index contributed by atoms with van der Waals surface area (Å²) >= 11 is 0. The molecule has 1 amide bonds. The highest BCUT2D eigenvalue weighted by atomic mass is 16.5. The highest BCUT2D eigenvalue weighted by Gasteiger charge is 2.53. The van der Waals surface area contributed by atoms with Crippen molar-refractivity contribution in [1.82, 2.24) is 15.0 Å². The molecule has 3 aromatic rings. The summed E-state index contributed by atoms with van der Waals surface area (Å²) in [4.78, 5) is 18.3. The molecule has 0 spiro atoms. The minimum Gasteiger partial charge on any atom is -0.361 e. The number of piperazine rings is 1. The van der Waals surface area contributed by atoms with E-state index in [0.29, 0.717) is 0 Å². The summed E-state index contributed by atoms with van der Waals surface area (Å²) in [7, 11) is 2.13. The second-order valence-corrected chi connectivity index (χ2v) is 8.28. The molecule has 0 radical (unpaired) electrons. The van der Waals surface area contributed by atoms with Gasteiger partial charge >= 0.3 is 0 Å². The van der Waals surface area contributed by atoms with Crippen LogP contribution in [0.15, 0.2) is 53.1 Å². The summed E-state index contributed by atoms with van der Waals surface area (Å²) in [6.07, 6.45) is 0. The summed E-state index contributed by atoms with van der Waals surface area (Å²) in [5, 5.41) is 7.28. The van der Waals surface area contributed by atoms with E-state index >= 15 is 0 Å². The van der Waals surface area contributed by atoms with Crippen molar-refractivity contribution in [2.24, 2.45) is 0 Å². The largest absolute Gasteiger partial charge is 0.361 e. The lowest BCUT2D eigenvalue weighted by atomic mass is 9.80. The molecule has 1 aromatic heterocycles. The van der Waals surface area contributed by atoms with Crippen molar-refractivity contribution in [2.75, 3.05) is 38.5 Å². The third-order valence-electron chi connectivity index (χ3n) is 6.48. The Hall–Kier alpha value is -2.96. The van der Waals surface area contributed by atoms with E-state index in [4.69, 9.17) is 4.52 Å². The molecule has 2 aromatic carbocycles. The molecule has 3 heterocycles. The molecule has 1 atom stereocenters. The maximum atomic E-state index is 13.7. The Kier molecular flexibility index (Phi) is 4.49. The van der Waals surface area contributed by atoms with Gasteiger partial charge in [-0.25, -0.2) is 0 Å². The van der Waals surface area contributed by atoms with Gasteiger partial charge in [-0.15, -0.1) is 0 Å². The Labute approximate surface area is 176 Å². The summed E-state index contributed by atoms with van der Waals surface area (Å²) in [6, 6.07) is 16.3. The SMILES string of the molecule is Cc1noc(C)c1-c1ccc2c(c1)C(c1ccccc1)(N1CCN(C)CC1)C(=O)N2. The molecule has 2 aliphatic heterocycles. The van der Waals surface area contributed by atoms with E-state index in [1.807, 2.05) is 44.2 Å². The maximum Gasteiger partial charge on any atom is 0.254 e. The van der Waals surface area contributed by atoms with E-state index in [9.17, 15) is 4.79 Å². The number of nitrogens with zero attached hydrogens (tertiary/aromatic N) is 3. The molecule has 0 bridgehead atoms. The van der Waals surface area contributed by atoms with Gasteiger partial charge in [-0.1, -0.05) is 41.6 Å². The van der Waals surface area contributed by atoms with Gasteiger partial charge in [0.2, 0.25) is 0 Å². The molecule has 154 valence electrons. The van der Waals surface area contributed by atoms with Crippen molar-refractivity contribution in [3.05, 3.63) is 71.1 Å². The van der Waals surface area contributed by atoms with E-state index in [2.05, 4.69) is 45.5 Å². The molecular weight excluding hydrogens is 376 g/mol. The average molecular weight is 402 g/mol. The fraction of sp³-hybridized carbons (Fsp3) is 0.333. The van der Waals surface area contributed by atoms with E-state index in [0.717, 1.165) is 65.6 Å². The number of amides is 1. The number of hydrogen-bond acceptors (Lipinski definition) is 5. The van der Waals surface area contributed by atoms with Gasteiger partial charge in [0.05, 0.1) is 5.69 Å². The van der Waals surface area contributed by atoms with Crippen LogP contribution in [-0.2, 0) is 10.3 Å². The minimum atomic E-state index is -0.840. The molecule has 0 aliphatic carbocycles. The second-order valence-electron chi connectivity index (χ2n) is 8.28. The van der Waals surface area contributed by atoms with Crippen LogP contribution in [0.5, 0.6) is 0 Å². The summed E-state index contributed by atoms with van der Waals surface area (Å²) in [6.45, 7) is 7.40. The number of hydrogen-bond donors (Lipinski definition) is 1. The molecule has 30 heavy (non-hydrogen) atoms. The molecule has 1 fully saturated rings. The maximum absolute atomic E-state index is 13.7. The number of carbonyl (C=O) groups excluding carboxylic acids is 1. The number of carbonyl (C=O) groups is 1. The zero-order valence-corrected chi connectivity index (χ0v) is 17.6. The van der Waals surface area contributed by atoms with Gasteiger partial charge in [0, 0.05) is 43.0 Å². The van der Waals surface area contributed by atoms with Crippen LogP contribution < -0.4 is 5.32 Å². The van der Waals surface area contributed by atoms with E-state index < -0.39 is 5.54 Å². The number of benzene rings is 2. The number of aryl methyl sites for hydroxylation is 2. The van der Waals surface area contributed by atoms with Gasteiger partial charge in [-0.3, -0.25) is 9.69 Å². The molecule has 1 N–H and O–H groups in total. The molecule has 6 nitrogen and oxygen atoms in total. The van der Waals surface area contributed by atoms with Crippen molar-refractivity contribution in [3.8, 4) is 11.1 Å². The number of nitrogens with one attached hydrogen (secondary N) is 1. The second kappa shape index (κ2) is 7.07. The normalized spacial score (nSPS) is 22.2. The van der Waals surface area contributed by atoms with Crippen LogP contribution in [0.2, 0.25) is 0 Å². The third-order valence-corrected chi connectivity index (χ3v) is 6.48. The average Bonchev–Trinajstić information content (AvgIpc) is 3.24. The molecular formula is C24H26N4O2. The van der Waals surface area contributed by atoms with Crippen molar-refractivity contribution < 1.29 is 9.32 Å². The monoisotopic (exact) mass is 402 g/mol. The number of likely N-dealkylation sites (N-methyl/N-ethyl adjacent to an activating group) is 1. The van der Waals surface area contributed by atoms with Crippen molar-refractivity contribution in [2.45, 2.75) is 19.4 Å². The zero-order chi connectivity index (χ0) is 20.9. The van der Waals surface area contributed by atoms with Gasteiger partial charge < -0.3 is 14.7 Å². The van der Waals surface area contributed by atoms with Crippen molar-refractivity contribution in [3.63, 3.8) is 0 Å². The highest BCUT2D eigenvalue weighted by Crippen LogP contribution is 2.47. The number of rotatable bonds is 3. The Morgan fingerprint density at radius 3 is 2.43 bits per heavy atom. The summed E-state index contributed by atoms with van der Waals surface area (Å²) < 4.78 is 5.41. The highest BCUT2D eigenvalue weighted by molar-refractivity contribution is 6.09. The van der Waals surface area contributed by atoms with Crippen LogP contribution in [0.3, 0.4) is 0 Å². The Morgan fingerprint density at radius 1 is 1.03 bits per heavy atom. The first-order chi connectivity index (χ1) is 14.5. The smallest absolute Gasteiger partial charge is 0.254 e. The molecule has 2 aliphatic rings. The van der Waals surface area contributed by atoms with E-state index in [-0.39, 0.29) is 5.91 Å². The fourth-order valence-electron chi connectivity index (χ4n) is 4.94. The van der Waals surface area contributed by atoms with Gasteiger partial charge in [0.25, 0.3) is 5.91 Å². The lowest BCUT2D eigenvalue weighted by molar-refractivity contribution is -0.126. The van der Waals surface area contributed by atoms with Crippen LogP contribution in [0.1, 0.15) is 22.6 Å². The van der Waals surface area contributed by atoms with Crippen molar-refractivity contribution >= 4 is 11.6 Å². The van der Waals surface area contributed by atoms with E-state index in [1.165, 1.54) is 0 Å². The van der Waals surface area contributed by atoms with Crippen LogP contribution in [-0.4, -0.2) is 54.1 Å². The topological polar surface area (TPSA) is 61.6 Å². The third kappa shape index (κ3) is 2.71. The Balaban J connectivity index is 1.73. The summed E-state index contributed by atoms with van der Waals surface area (Å²) in [5.41, 5.74) is 4.91. The molecule has 1 saturated heterocycles. The van der Waals surface area contributed by atoms with Crippen LogP contribution >= 0.6 is 0 Å². The number of aromatic nitrogens is 1. The predicted octanol–water partition coefficient (Wildman–Crippen LogP) is 3.40. The Bertz CT molecular complexity index is 1080. The predicted molar refractivity (Wildman–Crippen MR) is 116 cm³/mol. The molecule has 5 rings (SSSR count). The number of fused-ring (bicyclic) bond motifs is 1. The minimum absolute atomic E-state index is 0.0177.